The first kappa shape index (κ1) is 15.0. The van der Waals surface area contributed by atoms with E-state index >= 15 is 0 Å². The predicted octanol–water partition coefficient (Wildman–Crippen LogP) is 5.75. The van der Waals surface area contributed by atoms with Crippen LogP contribution in [0.1, 0.15) is 0 Å². The van der Waals surface area contributed by atoms with Crippen LogP contribution < -0.4 is 9.47 Å². The molecule has 0 heterocycles. The Labute approximate surface area is 132 Å². The molecule has 4 heteroatoms. The maximum atomic E-state index is 12.2. The Morgan fingerprint density at radius 3 is 2.00 bits per heavy atom. The molecule has 0 saturated heterocycles. The third-order valence-electron chi connectivity index (χ3n) is 3.25. The van der Waals surface area contributed by atoms with Crippen LogP contribution in [0.5, 0.6) is 17.2 Å². The SMILES string of the molecule is FC(F)Oc1ccc(-c2ccccc2Oc2ccccc2)cc1. The topological polar surface area (TPSA) is 18.5 Å². The van der Waals surface area contributed by atoms with Crippen LogP contribution >= 0.6 is 0 Å². The van der Waals surface area contributed by atoms with Crippen molar-refractivity contribution in [3.63, 3.8) is 0 Å². The number of para-hydroxylation sites is 2. The molecule has 0 aliphatic heterocycles. The molecule has 0 aliphatic rings. The minimum atomic E-state index is -2.82. The van der Waals surface area contributed by atoms with E-state index in [4.69, 9.17) is 4.74 Å². The summed E-state index contributed by atoms with van der Waals surface area (Å²) in [5, 5.41) is 0. The van der Waals surface area contributed by atoms with Crippen molar-refractivity contribution in [2.45, 2.75) is 6.61 Å². The third kappa shape index (κ3) is 3.86. The van der Waals surface area contributed by atoms with Crippen LogP contribution in [0.15, 0.2) is 78.9 Å². The smallest absolute Gasteiger partial charge is 0.387 e. The largest absolute Gasteiger partial charge is 0.457 e. The van der Waals surface area contributed by atoms with Crippen molar-refractivity contribution >= 4 is 0 Å². The van der Waals surface area contributed by atoms with E-state index in [-0.39, 0.29) is 5.75 Å². The van der Waals surface area contributed by atoms with Gasteiger partial charge in [-0.25, -0.2) is 0 Å². The van der Waals surface area contributed by atoms with Gasteiger partial charge in [-0.05, 0) is 35.9 Å². The van der Waals surface area contributed by atoms with Gasteiger partial charge in [0.1, 0.15) is 17.2 Å². The quantitative estimate of drug-likeness (QED) is 0.597. The standard InChI is InChI=1S/C19H14F2O2/c20-19(21)23-16-12-10-14(11-13-16)17-8-4-5-9-18(17)22-15-6-2-1-3-7-15/h1-13,19H. The Bertz CT molecular complexity index is 756. The monoisotopic (exact) mass is 312 g/mol. The molecule has 0 bridgehead atoms. The van der Waals surface area contributed by atoms with E-state index in [1.54, 1.807) is 12.1 Å². The van der Waals surface area contributed by atoms with Gasteiger partial charge in [-0.15, -0.1) is 0 Å². The van der Waals surface area contributed by atoms with E-state index < -0.39 is 6.61 Å². The summed E-state index contributed by atoms with van der Waals surface area (Å²) in [5.41, 5.74) is 1.73. The Hall–Kier alpha value is -2.88. The molecule has 0 fully saturated rings. The number of halogens is 2. The van der Waals surface area contributed by atoms with Gasteiger partial charge in [0.2, 0.25) is 0 Å². The van der Waals surface area contributed by atoms with Gasteiger partial charge in [-0.3, -0.25) is 0 Å². The molecule has 2 nitrogen and oxygen atoms in total. The van der Waals surface area contributed by atoms with E-state index in [1.165, 1.54) is 12.1 Å². The second kappa shape index (κ2) is 6.92. The van der Waals surface area contributed by atoms with Crippen molar-refractivity contribution in [1.29, 1.82) is 0 Å². The third-order valence-corrected chi connectivity index (χ3v) is 3.25. The normalized spacial score (nSPS) is 10.6. The van der Waals surface area contributed by atoms with Gasteiger partial charge in [0.05, 0.1) is 0 Å². The number of ether oxygens (including phenoxy) is 2. The summed E-state index contributed by atoms with van der Waals surface area (Å²) in [7, 11) is 0. The highest BCUT2D eigenvalue weighted by molar-refractivity contribution is 5.71. The second-order valence-electron chi connectivity index (χ2n) is 4.81. The maximum absolute atomic E-state index is 12.2. The van der Waals surface area contributed by atoms with Crippen LogP contribution in [-0.2, 0) is 0 Å². The average molecular weight is 312 g/mol. The minimum absolute atomic E-state index is 0.130. The van der Waals surface area contributed by atoms with Gasteiger partial charge in [0.25, 0.3) is 0 Å². The van der Waals surface area contributed by atoms with Gasteiger partial charge in [0.15, 0.2) is 0 Å². The Morgan fingerprint density at radius 1 is 0.652 bits per heavy atom. The Balaban J connectivity index is 1.88. The summed E-state index contributed by atoms with van der Waals surface area (Å²) >= 11 is 0. The number of hydrogen-bond acceptors (Lipinski definition) is 2. The summed E-state index contributed by atoms with van der Waals surface area (Å²) in [6, 6.07) is 23.5. The lowest BCUT2D eigenvalue weighted by atomic mass is 10.0. The van der Waals surface area contributed by atoms with Crippen LogP contribution in [0.4, 0.5) is 8.78 Å². The molecule has 116 valence electrons. The zero-order valence-corrected chi connectivity index (χ0v) is 12.2. The summed E-state index contributed by atoms with van der Waals surface area (Å²) in [4.78, 5) is 0. The molecule has 0 aliphatic carbocycles. The number of benzene rings is 3. The van der Waals surface area contributed by atoms with Crippen LogP contribution in [0.2, 0.25) is 0 Å². The van der Waals surface area contributed by atoms with E-state index in [0.717, 1.165) is 16.9 Å². The van der Waals surface area contributed by atoms with Crippen molar-refractivity contribution in [1.82, 2.24) is 0 Å². The number of hydrogen-bond donors (Lipinski definition) is 0. The molecular weight excluding hydrogens is 298 g/mol. The molecule has 0 saturated carbocycles. The van der Waals surface area contributed by atoms with Gasteiger partial charge < -0.3 is 9.47 Å². The van der Waals surface area contributed by atoms with Crippen LogP contribution in [0, 0.1) is 0 Å². The van der Waals surface area contributed by atoms with Gasteiger partial charge in [-0.1, -0.05) is 48.5 Å². The van der Waals surface area contributed by atoms with Crippen molar-refractivity contribution in [2.24, 2.45) is 0 Å². The fourth-order valence-corrected chi connectivity index (χ4v) is 2.23. The lowest BCUT2D eigenvalue weighted by molar-refractivity contribution is -0.0498. The van der Waals surface area contributed by atoms with E-state index in [0.29, 0.717) is 5.75 Å². The molecule has 0 amide bonds. The number of alkyl halides is 2. The average Bonchev–Trinajstić information content (AvgIpc) is 2.57. The summed E-state index contributed by atoms with van der Waals surface area (Å²) in [5.74, 6) is 1.56. The zero-order chi connectivity index (χ0) is 16.1. The Kier molecular flexibility index (Phi) is 4.52. The van der Waals surface area contributed by atoms with Crippen LogP contribution in [-0.4, -0.2) is 6.61 Å². The lowest BCUT2D eigenvalue weighted by Gasteiger charge is -2.12. The molecule has 0 atom stereocenters. The lowest BCUT2D eigenvalue weighted by Crippen LogP contribution is -2.01. The predicted molar refractivity (Wildman–Crippen MR) is 85.0 cm³/mol. The van der Waals surface area contributed by atoms with Gasteiger partial charge >= 0.3 is 6.61 Å². The first-order valence-electron chi connectivity index (χ1n) is 7.09. The van der Waals surface area contributed by atoms with Crippen molar-refractivity contribution in [2.75, 3.05) is 0 Å². The molecule has 0 radical (unpaired) electrons. The number of rotatable bonds is 5. The molecule has 3 aromatic rings. The molecule has 3 rings (SSSR count). The minimum Gasteiger partial charge on any atom is -0.457 e. The van der Waals surface area contributed by atoms with E-state index in [2.05, 4.69) is 4.74 Å². The molecule has 23 heavy (non-hydrogen) atoms. The van der Waals surface area contributed by atoms with Crippen molar-refractivity contribution in [3.05, 3.63) is 78.9 Å². The van der Waals surface area contributed by atoms with Gasteiger partial charge in [0, 0.05) is 5.56 Å². The highest BCUT2D eigenvalue weighted by Gasteiger charge is 2.08. The van der Waals surface area contributed by atoms with Crippen LogP contribution in [0.3, 0.4) is 0 Å². The molecule has 0 unspecified atom stereocenters. The second-order valence-corrected chi connectivity index (χ2v) is 4.81. The highest BCUT2D eigenvalue weighted by Crippen LogP contribution is 2.34. The van der Waals surface area contributed by atoms with Crippen molar-refractivity contribution < 1.29 is 18.3 Å². The summed E-state index contributed by atoms with van der Waals surface area (Å²) < 4.78 is 34.7. The van der Waals surface area contributed by atoms with E-state index in [9.17, 15) is 8.78 Å². The summed E-state index contributed by atoms with van der Waals surface area (Å²) in [6.07, 6.45) is 0. The molecule has 3 aromatic carbocycles. The van der Waals surface area contributed by atoms with Crippen LogP contribution in [0.25, 0.3) is 11.1 Å². The zero-order valence-electron chi connectivity index (χ0n) is 12.2. The van der Waals surface area contributed by atoms with Crippen molar-refractivity contribution in [3.8, 4) is 28.4 Å². The fourth-order valence-electron chi connectivity index (χ4n) is 2.23. The summed E-state index contributed by atoms with van der Waals surface area (Å²) in [6.45, 7) is -2.82. The molecular formula is C19H14F2O2. The maximum Gasteiger partial charge on any atom is 0.387 e. The van der Waals surface area contributed by atoms with E-state index in [1.807, 2.05) is 54.6 Å². The molecule has 0 spiro atoms. The first-order chi connectivity index (χ1) is 11.2. The fraction of sp³-hybridized carbons (Fsp3) is 0.0526. The Morgan fingerprint density at radius 2 is 1.30 bits per heavy atom. The van der Waals surface area contributed by atoms with Gasteiger partial charge in [-0.2, -0.15) is 8.78 Å². The highest BCUT2D eigenvalue weighted by atomic mass is 19.3. The first-order valence-corrected chi connectivity index (χ1v) is 7.09. The molecule has 0 aromatic heterocycles. The molecule has 0 N–H and O–H groups in total.